The van der Waals surface area contributed by atoms with Crippen molar-refractivity contribution in [1.82, 2.24) is 20.1 Å². The number of aromatic nitrogens is 3. The molecule has 3 rings (SSSR count). The second kappa shape index (κ2) is 6.63. The van der Waals surface area contributed by atoms with E-state index in [1.54, 1.807) is 0 Å². The van der Waals surface area contributed by atoms with E-state index in [9.17, 15) is 4.79 Å². The highest BCUT2D eigenvalue weighted by Gasteiger charge is 2.35. The molecule has 6 heteroatoms. The summed E-state index contributed by atoms with van der Waals surface area (Å²) in [6, 6.07) is 9.85. The summed E-state index contributed by atoms with van der Waals surface area (Å²) in [6.07, 6.45) is 2.00. The highest BCUT2D eigenvalue weighted by molar-refractivity contribution is 5.88. The van der Waals surface area contributed by atoms with Crippen molar-refractivity contribution < 1.29 is 4.79 Å². The number of rotatable bonds is 4. The van der Waals surface area contributed by atoms with Crippen molar-refractivity contribution in [1.29, 1.82) is 0 Å². The lowest BCUT2D eigenvalue weighted by Crippen LogP contribution is -2.52. The lowest BCUT2D eigenvalue weighted by Gasteiger charge is -2.37. The normalized spacial score (nSPS) is 18.5. The third kappa shape index (κ3) is 3.58. The lowest BCUT2D eigenvalue weighted by atomic mass is 9.94. The quantitative estimate of drug-likeness (QED) is 0.905. The van der Waals surface area contributed by atoms with Gasteiger partial charge in [0.05, 0.1) is 0 Å². The maximum Gasteiger partial charge on any atom is 0.247 e. The molecule has 2 aromatic rings. The van der Waals surface area contributed by atoms with Gasteiger partial charge in [-0.25, -0.2) is 4.98 Å². The Morgan fingerprint density at radius 3 is 2.75 bits per heavy atom. The molecule has 1 atom stereocenters. The van der Waals surface area contributed by atoms with Crippen LogP contribution in [-0.2, 0) is 4.79 Å². The van der Waals surface area contributed by atoms with Crippen molar-refractivity contribution in [2.24, 2.45) is 0 Å². The van der Waals surface area contributed by atoms with Gasteiger partial charge in [-0.1, -0.05) is 18.2 Å². The number of nitrogens with zero attached hydrogens (tertiary/aromatic N) is 3. The van der Waals surface area contributed by atoms with Crippen LogP contribution in [0, 0.1) is 6.92 Å². The van der Waals surface area contributed by atoms with Gasteiger partial charge in [-0.05, 0) is 45.7 Å². The van der Waals surface area contributed by atoms with E-state index in [-0.39, 0.29) is 11.8 Å². The van der Waals surface area contributed by atoms with Crippen LogP contribution in [-0.4, -0.2) is 44.6 Å². The van der Waals surface area contributed by atoms with Crippen molar-refractivity contribution >= 4 is 11.6 Å². The molecular formula is C18H25N5O. The van der Waals surface area contributed by atoms with Gasteiger partial charge in [0.2, 0.25) is 5.91 Å². The summed E-state index contributed by atoms with van der Waals surface area (Å²) in [5, 5.41) is 10.5. The first kappa shape index (κ1) is 16.5. The Bertz CT molecular complexity index is 694. The number of benzene rings is 1. The Kier molecular flexibility index (Phi) is 4.55. The molecule has 1 aliphatic heterocycles. The van der Waals surface area contributed by atoms with Crippen molar-refractivity contribution in [2.45, 2.75) is 45.1 Å². The van der Waals surface area contributed by atoms with Gasteiger partial charge in [0, 0.05) is 24.7 Å². The van der Waals surface area contributed by atoms with Gasteiger partial charge >= 0.3 is 0 Å². The maximum absolute atomic E-state index is 13.0. The number of likely N-dealkylation sites (tertiary alicyclic amines) is 1. The van der Waals surface area contributed by atoms with Crippen LogP contribution in [0.4, 0.5) is 5.69 Å². The van der Waals surface area contributed by atoms with E-state index < -0.39 is 5.54 Å². The first-order valence-corrected chi connectivity index (χ1v) is 8.47. The largest absolute Gasteiger partial charge is 0.372 e. The number of amides is 1. The van der Waals surface area contributed by atoms with Gasteiger partial charge in [0.15, 0.2) is 5.82 Å². The molecule has 1 amide bonds. The van der Waals surface area contributed by atoms with E-state index in [0.717, 1.165) is 36.7 Å². The minimum absolute atomic E-state index is 0.114. The van der Waals surface area contributed by atoms with Crippen LogP contribution in [0.3, 0.4) is 0 Å². The second-order valence-electron chi connectivity index (χ2n) is 6.99. The first-order chi connectivity index (χ1) is 11.5. The minimum Gasteiger partial charge on any atom is -0.372 e. The summed E-state index contributed by atoms with van der Waals surface area (Å²) in [7, 11) is 0. The van der Waals surface area contributed by atoms with Gasteiger partial charge in [-0.2, -0.15) is 5.10 Å². The Balaban J connectivity index is 1.69. The molecule has 0 bridgehead atoms. The van der Waals surface area contributed by atoms with Crippen molar-refractivity contribution in [3.63, 3.8) is 0 Å². The number of carbonyl (C=O) groups excluding carboxylic acids is 1. The molecule has 128 valence electrons. The van der Waals surface area contributed by atoms with Crippen LogP contribution in [0.5, 0.6) is 0 Å². The Labute approximate surface area is 142 Å². The summed E-state index contributed by atoms with van der Waals surface area (Å²) in [5.74, 6) is 1.96. The molecule has 6 nitrogen and oxygen atoms in total. The van der Waals surface area contributed by atoms with Gasteiger partial charge in [-0.3, -0.25) is 9.89 Å². The number of H-pyrrole nitrogens is 1. The highest BCUT2D eigenvalue weighted by atomic mass is 16.2. The van der Waals surface area contributed by atoms with E-state index in [1.807, 2.05) is 56.0 Å². The number of anilines is 1. The number of aryl methyl sites for hydroxylation is 1. The number of hydrogen-bond acceptors (Lipinski definition) is 4. The van der Waals surface area contributed by atoms with Crippen molar-refractivity contribution in [3.8, 4) is 0 Å². The van der Waals surface area contributed by atoms with E-state index in [0.29, 0.717) is 6.54 Å². The molecule has 2 N–H and O–H groups in total. The lowest BCUT2D eigenvalue weighted by molar-refractivity contribution is -0.136. The summed E-state index contributed by atoms with van der Waals surface area (Å²) in [5.41, 5.74) is 0.298. The number of aromatic amines is 1. The van der Waals surface area contributed by atoms with Gasteiger partial charge < -0.3 is 10.2 Å². The zero-order valence-corrected chi connectivity index (χ0v) is 14.5. The van der Waals surface area contributed by atoms with Gasteiger partial charge in [-0.15, -0.1) is 0 Å². The van der Waals surface area contributed by atoms with Crippen LogP contribution >= 0.6 is 0 Å². The summed E-state index contributed by atoms with van der Waals surface area (Å²) < 4.78 is 0. The topological polar surface area (TPSA) is 73.9 Å². The molecule has 2 heterocycles. The molecule has 1 fully saturated rings. The van der Waals surface area contributed by atoms with Crippen LogP contribution in [0.2, 0.25) is 0 Å². The van der Waals surface area contributed by atoms with E-state index in [1.165, 1.54) is 0 Å². The SMILES string of the molecule is Cc1nc(C2CCCN(C(=O)C(C)(C)Nc3ccccc3)C2)n[nH]1. The molecule has 24 heavy (non-hydrogen) atoms. The zero-order chi connectivity index (χ0) is 17.2. The second-order valence-corrected chi connectivity index (χ2v) is 6.99. The molecule has 0 radical (unpaired) electrons. The van der Waals surface area contributed by atoms with E-state index >= 15 is 0 Å². The van der Waals surface area contributed by atoms with E-state index in [2.05, 4.69) is 20.5 Å². The fraction of sp³-hybridized carbons (Fsp3) is 0.500. The monoisotopic (exact) mass is 327 g/mol. The molecule has 1 aromatic carbocycles. The standard InChI is InChI=1S/C18H25N5O/c1-13-19-16(22-21-13)14-8-7-11-23(12-14)17(24)18(2,3)20-15-9-5-4-6-10-15/h4-6,9-10,14,20H,7-8,11-12H2,1-3H3,(H,19,21,22). The third-order valence-corrected chi connectivity index (χ3v) is 4.45. The Morgan fingerprint density at radius 2 is 2.08 bits per heavy atom. The van der Waals surface area contributed by atoms with Crippen LogP contribution < -0.4 is 5.32 Å². The maximum atomic E-state index is 13.0. The molecule has 0 saturated carbocycles. The average Bonchev–Trinajstić information content (AvgIpc) is 3.01. The predicted octanol–water partition coefficient (Wildman–Crippen LogP) is 2.71. The average molecular weight is 327 g/mol. The molecule has 0 aliphatic carbocycles. The number of carbonyl (C=O) groups is 1. The van der Waals surface area contributed by atoms with Crippen molar-refractivity contribution in [2.75, 3.05) is 18.4 Å². The molecule has 0 spiro atoms. The molecule has 1 saturated heterocycles. The van der Waals surface area contributed by atoms with E-state index in [4.69, 9.17) is 0 Å². The van der Waals surface area contributed by atoms with Crippen molar-refractivity contribution in [3.05, 3.63) is 42.0 Å². The molecule has 1 aliphatic rings. The smallest absolute Gasteiger partial charge is 0.247 e. The minimum atomic E-state index is -0.655. The Morgan fingerprint density at radius 1 is 1.33 bits per heavy atom. The van der Waals surface area contributed by atoms with Gasteiger partial charge in [0.25, 0.3) is 0 Å². The fourth-order valence-corrected chi connectivity index (χ4v) is 3.25. The number of nitrogens with one attached hydrogen (secondary N) is 2. The number of piperidine rings is 1. The third-order valence-electron chi connectivity index (χ3n) is 4.45. The van der Waals surface area contributed by atoms with Crippen LogP contribution in [0.1, 0.15) is 44.3 Å². The predicted molar refractivity (Wildman–Crippen MR) is 93.8 cm³/mol. The molecule has 1 unspecified atom stereocenters. The first-order valence-electron chi connectivity index (χ1n) is 8.47. The summed E-state index contributed by atoms with van der Waals surface area (Å²) in [4.78, 5) is 19.4. The fourth-order valence-electron chi connectivity index (χ4n) is 3.25. The Hall–Kier alpha value is -2.37. The van der Waals surface area contributed by atoms with Crippen LogP contribution in [0.25, 0.3) is 0 Å². The molecular weight excluding hydrogens is 302 g/mol. The zero-order valence-electron chi connectivity index (χ0n) is 14.5. The number of hydrogen-bond donors (Lipinski definition) is 2. The summed E-state index contributed by atoms with van der Waals surface area (Å²) in [6.45, 7) is 7.23. The summed E-state index contributed by atoms with van der Waals surface area (Å²) >= 11 is 0. The highest BCUT2D eigenvalue weighted by Crippen LogP contribution is 2.27. The number of para-hydroxylation sites is 1. The van der Waals surface area contributed by atoms with Crippen LogP contribution in [0.15, 0.2) is 30.3 Å². The van der Waals surface area contributed by atoms with Gasteiger partial charge in [0.1, 0.15) is 11.4 Å². The molecule has 1 aromatic heterocycles.